The summed E-state index contributed by atoms with van der Waals surface area (Å²) in [7, 11) is 0. The van der Waals surface area contributed by atoms with Crippen LogP contribution in [0.5, 0.6) is 0 Å². The van der Waals surface area contributed by atoms with Gasteiger partial charge in [-0.2, -0.15) is 0 Å². The minimum absolute atomic E-state index is 0. The molecule has 0 bridgehead atoms. The number of aryl methyl sites for hydroxylation is 4. The number of para-hydroxylation sites is 2. The van der Waals surface area contributed by atoms with Crippen LogP contribution in [0.15, 0.2) is 60.8 Å². The molecule has 0 saturated carbocycles. The van der Waals surface area contributed by atoms with E-state index in [1.54, 1.807) is 0 Å². The molecule has 7 heteroatoms. The zero-order valence-corrected chi connectivity index (χ0v) is 26.9. The standard InChI is InChI=1S/C32H46N4.2ClH.Co/c1-7-26-15-13-16-27(8-2)31(26)34-24(5)21-36(23-30-19-11-12-20-33-30)22-25(6)35-32-28(9-3)17-14-18-29(32)10-4;;;/h11-20,24-25,34-35H,7-10,21-23H2,1-6H3;2*1H;/q;;;+2/p-2. The van der Waals surface area contributed by atoms with Gasteiger partial charge in [-0.25, -0.2) is 0 Å². The molecule has 39 heavy (non-hydrogen) atoms. The van der Waals surface area contributed by atoms with Crippen molar-refractivity contribution in [3.63, 3.8) is 0 Å². The van der Waals surface area contributed by atoms with E-state index in [0.717, 1.165) is 51.0 Å². The molecule has 2 unspecified atom stereocenters. The third-order valence-corrected chi connectivity index (χ3v) is 6.96. The number of nitrogens with one attached hydrogen (secondary N) is 2. The molecule has 0 aliphatic heterocycles. The summed E-state index contributed by atoms with van der Waals surface area (Å²) in [6.07, 6.45) is 6.05. The molecule has 3 aromatic rings. The zero-order chi connectivity index (χ0) is 25.9. The molecule has 0 fully saturated rings. The van der Waals surface area contributed by atoms with Gasteiger partial charge in [0.15, 0.2) is 0 Å². The summed E-state index contributed by atoms with van der Waals surface area (Å²) >= 11 is 0. The number of halogens is 2. The molecule has 4 nitrogen and oxygen atoms in total. The Morgan fingerprint density at radius 1 is 0.641 bits per heavy atom. The first-order chi connectivity index (χ1) is 17.5. The number of nitrogens with zero attached hydrogens (tertiary/aromatic N) is 2. The number of aromatic nitrogens is 1. The summed E-state index contributed by atoms with van der Waals surface area (Å²) in [5.41, 5.74) is 9.35. The van der Waals surface area contributed by atoms with E-state index < -0.39 is 0 Å². The predicted octanol–water partition coefficient (Wildman–Crippen LogP) is 1.14. The number of hydrogen-bond donors (Lipinski definition) is 2. The molecule has 3 rings (SSSR count). The Morgan fingerprint density at radius 2 is 1.05 bits per heavy atom. The molecular weight excluding hydrogens is 570 g/mol. The van der Waals surface area contributed by atoms with Crippen molar-refractivity contribution >= 4 is 11.4 Å². The molecule has 0 amide bonds. The topological polar surface area (TPSA) is 40.2 Å². The predicted molar refractivity (Wildman–Crippen MR) is 156 cm³/mol. The monoisotopic (exact) mass is 615 g/mol. The molecule has 1 radical (unpaired) electrons. The summed E-state index contributed by atoms with van der Waals surface area (Å²) < 4.78 is 0. The minimum Gasteiger partial charge on any atom is -1.00 e. The van der Waals surface area contributed by atoms with Gasteiger partial charge in [0.05, 0.1) is 5.69 Å². The van der Waals surface area contributed by atoms with Crippen LogP contribution in [0.3, 0.4) is 0 Å². The first-order valence-electron chi connectivity index (χ1n) is 13.9. The summed E-state index contributed by atoms with van der Waals surface area (Å²) in [5.74, 6) is 0. The molecular formula is C32H46Cl2CoN4. The Kier molecular flexibility index (Phi) is 18.5. The van der Waals surface area contributed by atoms with Crippen LogP contribution in [0.4, 0.5) is 11.4 Å². The van der Waals surface area contributed by atoms with E-state index in [1.807, 2.05) is 12.3 Å². The van der Waals surface area contributed by atoms with Crippen LogP contribution in [0, 0.1) is 0 Å². The molecule has 0 spiro atoms. The minimum atomic E-state index is 0. The van der Waals surface area contributed by atoms with Gasteiger partial charge in [0, 0.05) is 49.3 Å². The maximum atomic E-state index is 4.63. The average Bonchev–Trinajstić information content (AvgIpc) is 2.89. The first kappa shape index (κ1) is 37.2. The number of rotatable bonds is 14. The van der Waals surface area contributed by atoms with Gasteiger partial charge in [0.1, 0.15) is 0 Å². The molecule has 1 heterocycles. The fraction of sp³-hybridized carbons (Fsp3) is 0.469. The van der Waals surface area contributed by atoms with Crippen LogP contribution in [0.2, 0.25) is 0 Å². The second kappa shape index (κ2) is 19.3. The Hall–Kier alpha value is -1.76. The van der Waals surface area contributed by atoms with E-state index in [1.165, 1.54) is 33.6 Å². The van der Waals surface area contributed by atoms with Crippen LogP contribution in [0.25, 0.3) is 0 Å². The second-order valence-corrected chi connectivity index (χ2v) is 9.92. The van der Waals surface area contributed by atoms with Crippen LogP contribution in [0.1, 0.15) is 69.5 Å². The third-order valence-electron chi connectivity index (χ3n) is 6.96. The summed E-state index contributed by atoms with van der Waals surface area (Å²) in [6.45, 7) is 16.3. The SMILES string of the molecule is CCc1cccc(CC)c1NC(C)CN(Cc1ccccn1)CC(C)Nc1c(CC)cccc1CC.[Cl-].[Cl-].[Co+2]. The third kappa shape index (κ3) is 11.0. The first-order valence-corrected chi connectivity index (χ1v) is 13.9. The van der Waals surface area contributed by atoms with Gasteiger partial charge in [-0.1, -0.05) is 70.2 Å². The molecule has 0 aliphatic carbocycles. The second-order valence-electron chi connectivity index (χ2n) is 9.92. The van der Waals surface area contributed by atoms with E-state index in [2.05, 4.69) is 111 Å². The molecule has 217 valence electrons. The van der Waals surface area contributed by atoms with Gasteiger partial charge in [0.25, 0.3) is 0 Å². The fourth-order valence-electron chi connectivity index (χ4n) is 5.14. The molecule has 0 saturated heterocycles. The van der Waals surface area contributed by atoms with Crippen LogP contribution in [-0.4, -0.2) is 35.1 Å². The van der Waals surface area contributed by atoms with Gasteiger partial charge in [-0.05, 0) is 73.9 Å². The van der Waals surface area contributed by atoms with E-state index in [9.17, 15) is 0 Å². The average molecular weight is 617 g/mol. The maximum absolute atomic E-state index is 4.63. The van der Waals surface area contributed by atoms with Gasteiger partial charge < -0.3 is 35.4 Å². The van der Waals surface area contributed by atoms with E-state index in [4.69, 9.17) is 0 Å². The summed E-state index contributed by atoms with van der Waals surface area (Å²) in [6, 6.07) is 20.2. The van der Waals surface area contributed by atoms with Gasteiger partial charge >= 0.3 is 16.8 Å². The van der Waals surface area contributed by atoms with Crippen LogP contribution < -0.4 is 35.4 Å². The molecule has 2 atom stereocenters. The van der Waals surface area contributed by atoms with Crippen molar-refractivity contribution in [2.75, 3.05) is 23.7 Å². The van der Waals surface area contributed by atoms with Crippen LogP contribution >= 0.6 is 0 Å². The smallest absolute Gasteiger partial charge is 1.00 e. The zero-order valence-electron chi connectivity index (χ0n) is 24.4. The Morgan fingerprint density at radius 3 is 1.38 bits per heavy atom. The Balaban J connectivity index is 0.00000481. The Labute approximate surface area is 260 Å². The quantitative estimate of drug-likeness (QED) is 0.285. The molecule has 1 aromatic heterocycles. The van der Waals surface area contributed by atoms with E-state index >= 15 is 0 Å². The van der Waals surface area contributed by atoms with E-state index in [-0.39, 0.29) is 41.6 Å². The van der Waals surface area contributed by atoms with Crippen molar-refractivity contribution in [3.8, 4) is 0 Å². The number of anilines is 2. The summed E-state index contributed by atoms with van der Waals surface area (Å²) in [5, 5.41) is 7.75. The van der Waals surface area contributed by atoms with Crippen molar-refractivity contribution < 1.29 is 41.6 Å². The van der Waals surface area contributed by atoms with Gasteiger partial charge in [0.2, 0.25) is 0 Å². The van der Waals surface area contributed by atoms with Gasteiger partial charge in [-0.15, -0.1) is 0 Å². The van der Waals surface area contributed by atoms with E-state index in [0.29, 0.717) is 12.1 Å². The molecule has 0 aliphatic rings. The van der Waals surface area contributed by atoms with Crippen LogP contribution in [-0.2, 0) is 49.0 Å². The van der Waals surface area contributed by atoms with Crippen molar-refractivity contribution in [1.82, 2.24) is 9.88 Å². The van der Waals surface area contributed by atoms with Crippen molar-refractivity contribution in [1.29, 1.82) is 0 Å². The van der Waals surface area contributed by atoms with Crippen molar-refractivity contribution in [2.45, 2.75) is 85.9 Å². The normalized spacial score (nSPS) is 12.0. The maximum Gasteiger partial charge on any atom is 2.00 e. The number of hydrogen-bond acceptors (Lipinski definition) is 4. The van der Waals surface area contributed by atoms with Crippen molar-refractivity contribution in [2.24, 2.45) is 0 Å². The molecule has 2 N–H and O–H groups in total. The summed E-state index contributed by atoms with van der Waals surface area (Å²) in [4.78, 5) is 7.17. The molecule has 2 aromatic carbocycles. The van der Waals surface area contributed by atoms with Crippen molar-refractivity contribution in [3.05, 3.63) is 88.7 Å². The number of benzene rings is 2. The fourth-order valence-corrected chi connectivity index (χ4v) is 5.14. The largest absolute Gasteiger partial charge is 2.00 e. The Bertz CT molecular complexity index is 971. The van der Waals surface area contributed by atoms with Gasteiger partial charge in [-0.3, -0.25) is 9.88 Å². The number of pyridine rings is 1.